The van der Waals surface area contributed by atoms with E-state index >= 15 is 0 Å². The molecule has 3 fully saturated rings. The van der Waals surface area contributed by atoms with Gasteiger partial charge in [-0.3, -0.25) is 9.59 Å². The monoisotopic (exact) mass is 474 g/mol. The molecule has 26 heavy (non-hydrogen) atoms. The Bertz CT molecular complexity index is 761. The van der Waals surface area contributed by atoms with Crippen molar-refractivity contribution in [1.82, 2.24) is 0 Å². The predicted octanol–water partition coefficient (Wildman–Crippen LogP) is 1.42. The van der Waals surface area contributed by atoms with E-state index in [0.29, 0.717) is 31.3 Å². The molecule has 142 valence electrons. The summed E-state index contributed by atoms with van der Waals surface area (Å²) in [6.45, 7) is 5.57. The lowest BCUT2D eigenvalue weighted by molar-refractivity contribution is -0.157. The quantitative estimate of drug-likeness (QED) is 0.274. The van der Waals surface area contributed by atoms with Gasteiger partial charge in [-0.15, -0.1) is 0 Å². The number of carbonyl (C=O) groups is 2. The Morgan fingerprint density at radius 2 is 2.00 bits per heavy atom. The third-order valence-corrected chi connectivity index (χ3v) is 8.88. The van der Waals surface area contributed by atoms with Crippen LogP contribution in [-0.4, -0.2) is 48.0 Å². The Balaban J connectivity index is 1.96. The molecule has 1 spiro atoms. The fourth-order valence-corrected chi connectivity index (χ4v) is 7.17. The predicted molar refractivity (Wildman–Crippen MR) is 100 cm³/mol. The van der Waals surface area contributed by atoms with Crippen LogP contribution in [0.15, 0.2) is 23.8 Å². The van der Waals surface area contributed by atoms with Crippen molar-refractivity contribution >= 4 is 32.4 Å². The molecule has 0 aliphatic heterocycles. The number of hydrogen-bond donors (Lipinski definition) is 4. The van der Waals surface area contributed by atoms with Crippen LogP contribution in [0.25, 0.3) is 0 Å². The zero-order chi connectivity index (χ0) is 19.2. The van der Waals surface area contributed by atoms with Crippen molar-refractivity contribution in [3.63, 3.8) is 0 Å². The smallest absolute Gasteiger partial charge is 0.307 e. The Morgan fingerprint density at radius 3 is 2.58 bits per heavy atom. The molecule has 4 rings (SSSR count). The molecule has 3 saturated carbocycles. The highest BCUT2D eigenvalue weighted by molar-refractivity contribution is 14.1. The van der Waals surface area contributed by atoms with Crippen molar-refractivity contribution in [1.29, 1.82) is 0 Å². The number of aliphatic carboxylic acids is 1. The molecule has 0 heterocycles. The first kappa shape index (κ1) is 18.6. The van der Waals surface area contributed by atoms with Gasteiger partial charge in [0.05, 0.1) is 29.1 Å². The number of allylic oxidation sites excluding steroid dienone is 1. The lowest BCUT2D eigenvalue weighted by Gasteiger charge is -2.45. The Morgan fingerprint density at radius 1 is 1.35 bits per heavy atom. The van der Waals surface area contributed by atoms with Crippen LogP contribution in [0, 0.1) is 28.6 Å². The first-order chi connectivity index (χ1) is 12.0. The minimum absolute atomic E-state index is 0.134. The number of aliphatic hydroxyl groups excluding tert-OH is 2. The Hall–Kier alpha value is -0.770. The summed E-state index contributed by atoms with van der Waals surface area (Å²) >= 11 is 1.60. The number of carboxylic acid groups (broad SMARTS) is 1. The van der Waals surface area contributed by atoms with E-state index in [1.54, 1.807) is 35.6 Å². The molecule has 6 nitrogen and oxygen atoms in total. The van der Waals surface area contributed by atoms with Crippen LogP contribution in [0.3, 0.4) is 0 Å². The van der Waals surface area contributed by atoms with E-state index in [1.165, 1.54) is 0 Å². The van der Waals surface area contributed by atoms with Crippen LogP contribution in [0.2, 0.25) is 0 Å². The fraction of sp³-hybridized carbons (Fsp3) is 0.684. The molecule has 4 N–H and O–H groups in total. The normalized spacial score (nSPS) is 52.3. The minimum atomic E-state index is -1.39. The highest BCUT2D eigenvalue weighted by Crippen LogP contribution is 2.73. The summed E-state index contributed by atoms with van der Waals surface area (Å²) in [5.74, 6) is -2.75. The van der Waals surface area contributed by atoms with Gasteiger partial charge in [-0.05, 0) is 49.5 Å². The molecule has 0 aromatic carbocycles. The molecule has 0 aromatic heterocycles. The molecule has 8 atom stereocenters. The molecular formula is C19H23IO6. The summed E-state index contributed by atoms with van der Waals surface area (Å²) in [4.78, 5) is 25.0. The van der Waals surface area contributed by atoms with Crippen LogP contribution in [0.4, 0.5) is 0 Å². The highest BCUT2D eigenvalue weighted by atomic mass is 127. The van der Waals surface area contributed by atoms with Crippen LogP contribution in [-0.2, 0) is 9.59 Å². The average molecular weight is 474 g/mol. The molecule has 0 radical (unpaired) electrons. The summed E-state index contributed by atoms with van der Waals surface area (Å²) in [5, 5.41) is 42.1. The lowest BCUT2D eigenvalue weighted by atomic mass is 9.60. The van der Waals surface area contributed by atoms with Gasteiger partial charge in [0.2, 0.25) is 3.79 Å². The van der Waals surface area contributed by atoms with E-state index in [4.69, 9.17) is 0 Å². The number of hydrogen-bond acceptors (Lipinski definition) is 5. The number of aliphatic hydroxyl groups is 3. The molecule has 2 bridgehead atoms. The first-order valence-corrected chi connectivity index (χ1v) is 9.98. The third-order valence-electron chi connectivity index (χ3n) is 7.71. The molecule has 0 saturated heterocycles. The molecular weight excluding hydrogens is 451 g/mol. The van der Waals surface area contributed by atoms with Crippen LogP contribution >= 0.6 is 22.6 Å². The van der Waals surface area contributed by atoms with Crippen molar-refractivity contribution in [3.8, 4) is 0 Å². The van der Waals surface area contributed by atoms with Crippen LogP contribution in [0.5, 0.6) is 0 Å². The topological polar surface area (TPSA) is 115 Å². The zero-order valence-corrected chi connectivity index (χ0v) is 16.6. The van der Waals surface area contributed by atoms with E-state index in [-0.39, 0.29) is 9.71 Å². The summed E-state index contributed by atoms with van der Waals surface area (Å²) in [6, 6.07) is 0. The van der Waals surface area contributed by atoms with E-state index in [9.17, 15) is 30.0 Å². The summed E-state index contributed by atoms with van der Waals surface area (Å²) in [7, 11) is 0. The number of fused-ring (bicyclic) bond motifs is 3. The zero-order valence-electron chi connectivity index (χ0n) is 14.5. The van der Waals surface area contributed by atoms with Gasteiger partial charge in [0.25, 0.3) is 0 Å². The standard InChI is InChI=1S/C19H23IO6/c1-8-6-18-7-19(8,26)4-3-10(18)9-5-11(21)14(22)17(2,16(20)25)12(9)13(18)15(23)24/h5,10-14,21-22,26H,1,3-4,6-7H2,2H3,(H,23,24)/t10-,11+,12+,13+,14-,17-,18-,19-/m0/s1. The van der Waals surface area contributed by atoms with E-state index in [1.807, 2.05) is 0 Å². The lowest BCUT2D eigenvalue weighted by Crippen LogP contribution is -2.55. The van der Waals surface area contributed by atoms with Crippen molar-refractivity contribution in [3.05, 3.63) is 23.8 Å². The largest absolute Gasteiger partial charge is 0.481 e. The Labute approximate surface area is 165 Å². The molecule has 7 heteroatoms. The van der Waals surface area contributed by atoms with Crippen molar-refractivity contribution in [2.75, 3.05) is 0 Å². The van der Waals surface area contributed by atoms with Crippen molar-refractivity contribution in [2.45, 2.75) is 50.4 Å². The van der Waals surface area contributed by atoms with Gasteiger partial charge in [0, 0.05) is 28.5 Å². The first-order valence-electron chi connectivity index (χ1n) is 8.90. The summed E-state index contributed by atoms with van der Waals surface area (Å²) in [5.41, 5.74) is -1.74. The van der Waals surface area contributed by atoms with Crippen LogP contribution in [0.1, 0.15) is 32.6 Å². The number of rotatable bonds is 2. The second-order valence-corrected chi connectivity index (χ2v) is 9.74. The molecule has 0 unspecified atom stereocenters. The fourth-order valence-electron chi connectivity index (χ4n) is 6.52. The van der Waals surface area contributed by atoms with Gasteiger partial charge < -0.3 is 20.4 Å². The number of halogens is 1. The Kier molecular flexibility index (Phi) is 3.86. The van der Waals surface area contributed by atoms with Crippen molar-refractivity contribution < 1.29 is 30.0 Å². The van der Waals surface area contributed by atoms with Gasteiger partial charge in [-0.1, -0.05) is 18.2 Å². The van der Waals surface area contributed by atoms with E-state index in [2.05, 4.69) is 6.58 Å². The number of carboxylic acids is 1. The summed E-state index contributed by atoms with van der Waals surface area (Å²) < 4.78 is -0.356. The second kappa shape index (κ2) is 5.40. The minimum Gasteiger partial charge on any atom is -0.481 e. The second-order valence-electron chi connectivity index (χ2n) is 8.77. The maximum Gasteiger partial charge on any atom is 0.307 e. The summed E-state index contributed by atoms with van der Waals surface area (Å²) in [6.07, 6.45) is 0.806. The van der Waals surface area contributed by atoms with Gasteiger partial charge in [0.1, 0.15) is 0 Å². The average Bonchev–Trinajstić information content (AvgIpc) is 2.92. The van der Waals surface area contributed by atoms with Crippen molar-refractivity contribution in [2.24, 2.45) is 28.6 Å². The molecule has 4 aliphatic rings. The third kappa shape index (κ3) is 1.98. The SMILES string of the molecule is C=C1C[C@]23C[C@@]1(O)CC[C@H]2C1=C[C@@H](O)[C@H](O)[C@@](C)(C(=O)I)[C@H]1[C@@H]3C(=O)O. The maximum atomic E-state index is 12.6. The van der Waals surface area contributed by atoms with Crippen LogP contribution < -0.4 is 0 Å². The maximum absolute atomic E-state index is 12.6. The molecule has 4 aliphatic carbocycles. The van der Waals surface area contributed by atoms with Gasteiger partial charge >= 0.3 is 5.97 Å². The van der Waals surface area contributed by atoms with Gasteiger partial charge in [-0.2, -0.15) is 0 Å². The highest BCUT2D eigenvalue weighted by Gasteiger charge is 2.73. The molecule has 0 aromatic rings. The number of carbonyl (C=O) groups excluding carboxylic acids is 1. The van der Waals surface area contributed by atoms with Gasteiger partial charge in [0.15, 0.2) is 0 Å². The van der Waals surface area contributed by atoms with E-state index < -0.39 is 46.4 Å². The van der Waals surface area contributed by atoms with E-state index in [0.717, 1.165) is 5.57 Å². The van der Waals surface area contributed by atoms with Gasteiger partial charge in [-0.25, -0.2) is 0 Å². The molecule has 0 amide bonds.